The fourth-order valence-corrected chi connectivity index (χ4v) is 4.97. The van der Waals surface area contributed by atoms with E-state index in [1.54, 1.807) is 56.3 Å². The van der Waals surface area contributed by atoms with Crippen LogP contribution in [0.4, 0.5) is 9.18 Å². The number of aliphatic hydroxyl groups is 1. The molecule has 3 aromatic rings. The molecule has 1 heterocycles. The molecule has 2 amide bonds. The van der Waals surface area contributed by atoms with Gasteiger partial charge >= 0.3 is 12.0 Å². The number of allylic oxidation sites excluding steroid dienone is 1. The highest BCUT2D eigenvalue weighted by atomic mass is 35.5. The molecule has 1 aliphatic rings. The van der Waals surface area contributed by atoms with Gasteiger partial charge in [-0.2, -0.15) is 5.10 Å². The van der Waals surface area contributed by atoms with Crippen molar-refractivity contribution >= 4 is 41.4 Å². The lowest BCUT2D eigenvalue weighted by Gasteiger charge is -2.28. The van der Waals surface area contributed by atoms with Crippen LogP contribution < -0.4 is 30.3 Å². The normalized spacial score (nSPS) is 15.3. The number of benzene rings is 3. The number of nitrogens with one attached hydrogen (secondary N) is 3. The predicted molar refractivity (Wildman–Crippen MR) is 166 cm³/mol. The quantitative estimate of drug-likeness (QED) is 0.0846. The van der Waals surface area contributed by atoms with Crippen LogP contribution in [0.15, 0.2) is 71.0 Å². The number of urea groups is 1. The summed E-state index contributed by atoms with van der Waals surface area (Å²) < 4.78 is 36.2. The second-order valence-electron chi connectivity index (χ2n) is 9.60. The van der Waals surface area contributed by atoms with Gasteiger partial charge in [0.25, 0.3) is 0 Å². The third kappa shape index (κ3) is 8.56. The number of hydrazone groups is 1. The molecule has 0 saturated carbocycles. The van der Waals surface area contributed by atoms with E-state index in [1.165, 1.54) is 25.5 Å². The van der Waals surface area contributed by atoms with Crippen LogP contribution >= 0.6 is 23.2 Å². The molecule has 0 aromatic heterocycles. The van der Waals surface area contributed by atoms with Crippen molar-refractivity contribution in [3.63, 3.8) is 0 Å². The van der Waals surface area contributed by atoms with E-state index in [4.69, 9.17) is 42.1 Å². The van der Waals surface area contributed by atoms with Crippen molar-refractivity contribution in [1.82, 2.24) is 16.1 Å². The molecule has 0 unspecified atom stereocenters. The second-order valence-corrected chi connectivity index (χ2v) is 10.4. The van der Waals surface area contributed by atoms with Crippen LogP contribution in [0.25, 0.3) is 0 Å². The van der Waals surface area contributed by atoms with Crippen LogP contribution in [0.2, 0.25) is 10.0 Å². The maximum atomic E-state index is 14.0. The number of esters is 1. The molecular formula is C31H31Cl2FN4O7. The molecule has 2 atom stereocenters. The lowest BCUT2D eigenvalue weighted by molar-refractivity contribution is -0.136. The Bertz CT molecular complexity index is 1620. The molecule has 0 fully saturated rings. The first-order chi connectivity index (χ1) is 21.6. The number of hydrogen-bond donors (Lipinski definition) is 4. The summed E-state index contributed by atoms with van der Waals surface area (Å²) in [6, 6.07) is 12.9. The third-order valence-electron chi connectivity index (χ3n) is 6.47. The van der Waals surface area contributed by atoms with Gasteiger partial charge in [0.05, 0.1) is 36.6 Å². The highest BCUT2D eigenvalue weighted by Crippen LogP contribution is 2.35. The minimum Gasteiger partial charge on any atom is -0.490 e. The summed E-state index contributed by atoms with van der Waals surface area (Å²) in [4.78, 5) is 24.6. The number of carbonyl (C=O) groups excluding carboxylic acids is 2. The van der Waals surface area contributed by atoms with E-state index in [1.807, 2.05) is 0 Å². The van der Waals surface area contributed by atoms with E-state index in [2.05, 4.69) is 21.2 Å². The Morgan fingerprint density at radius 2 is 1.91 bits per heavy atom. The Balaban J connectivity index is 1.43. The third-order valence-corrected chi connectivity index (χ3v) is 6.97. The number of amides is 2. The molecule has 14 heteroatoms. The number of hydrogen-bond acceptors (Lipinski definition) is 9. The standard InChI is InChI=1S/C31H31Cl2FN4O7/c1-4-43-25-12-18(28-27(30(40)42-3)17(2)36-31(41)37-28)9-10-24(25)44-16-26(39)38-35-14-20-11-21(32)13-22(33)29(20)45-15-19-7-5-6-8-23(19)34/h5-14,26,28,38-39H,4,15-16H2,1-3H3,(H2,36,37,41)/b35-14+/t26-,28+/m0/s1. The van der Waals surface area contributed by atoms with E-state index in [9.17, 15) is 19.1 Å². The maximum Gasteiger partial charge on any atom is 0.337 e. The van der Waals surface area contributed by atoms with Crippen molar-refractivity contribution in [1.29, 1.82) is 0 Å². The van der Waals surface area contributed by atoms with E-state index in [0.29, 0.717) is 45.5 Å². The van der Waals surface area contributed by atoms with Gasteiger partial charge in [-0.05, 0) is 49.7 Å². The predicted octanol–water partition coefficient (Wildman–Crippen LogP) is 5.23. The number of aliphatic hydroxyl groups excluding tert-OH is 1. The second kappa shape index (κ2) is 15.5. The van der Waals surface area contributed by atoms with Crippen molar-refractivity contribution in [3.8, 4) is 17.2 Å². The van der Waals surface area contributed by atoms with Gasteiger partial charge in [0.15, 0.2) is 17.7 Å². The number of ether oxygens (including phenoxy) is 4. The fraction of sp³-hybridized carbons (Fsp3) is 0.258. The largest absolute Gasteiger partial charge is 0.490 e. The van der Waals surface area contributed by atoms with Crippen molar-refractivity contribution in [2.24, 2.45) is 5.10 Å². The van der Waals surface area contributed by atoms with Crippen molar-refractivity contribution in [2.75, 3.05) is 20.3 Å². The number of nitrogens with zero attached hydrogens (tertiary/aromatic N) is 1. The van der Waals surface area contributed by atoms with Gasteiger partial charge in [-0.1, -0.05) is 47.5 Å². The van der Waals surface area contributed by atoms with Gasteiger partial charge in [0, 0.05) is 21.8 Å². The van der Waals surface area contributed by atoms with Crippen LogP contribution in [-0.4, -0.2) is 49.9 Å². The van der Waals surface area contributed by atoms with Crippen LogP contribution in [-0.2, 0) is 16.1 Å². The molecule has 0 aliphatic carbocycles. The number of methoxy groups -OCH3 is 1. The molecule has 4 N–H and O–H groups in total. The molecule has 0 radical (unpaired) electrons. The molecule has 0 bridgehead atoms. The highest BCUT2D eigenvalue weighted by Gasteiger charge is 2.32. The zero-order chi connectivity index (χ0) is 32.5. The first-order valence-corrected chi connectivity index (χ1v) is 14.4. The topological polar surface area (TPSA) is 140 Å². The summed E-state index contributed by atoms with van der Waals surface area (Å²) in [7, 11) is 1.26. The zero-order valence-electron chi connectivity index (χ0n) is 24.5. The summed E-state index contributed by atoms with van der Waals surface area (Å²) in [5, 5.41) is 20.3. The average molecular weight is 662 g/mol. The van der Waals surface area contributed by atoms with Gasteiger partial charge in [-0.15, -0.1) is 0 Å². The molecule has 3 aromatic carbocycles. The fourth-order valence-electron chi connectivity index (χ4n) is 4.41. The van der Waals surface area contributed by atoms with Gasteiger partial charge in [0.1, 0.15) is 24.8 Å². The van der Waals surface area contributed by atoms with E-state index in [-0.39, 0.29) is 29.6 Å². The molecule has 4 rings (SSSR count). The first kappa shape index (κ1) is 33.4. The summed E-state index contributed by atoms with van der Waals surface area (Å²) in [6.45, 7) is 3.38. The number of halogens is 3. The molecule has 1 aliphatic heterocycles. The molecule has 11 nitrogen and oxygen atoms in total. The summed E-state index contributed by atoms with van der Waals surface area (Å²) in [5.41, 5.74) is 4.44. The molecule has 45 heavy (non-hydrogen) atoms. The van der Waals surface area contributed by atoms with E-state index < -0.39 is 30.1 Å². The van der Waals surface area contributed by atoms with Crippen molar-refractivity contribution in [3.05, 3.63) is 98.4 Å². The maximum absolute atomic E-state index is 14.0. The Morgan fingerprint density at radius 1 is 1.13 bits per heavy atom. The Labute approximate surface area is 268 Å². The molecular weight excluding hydrogens is 630 g/mol. The summed E-state index contributed by atoms with van der Waals surface area (Å²) in [6.07, 6.45) is 0.0906. The molecule has 238 valence electrons. The Hall–Kier alpha value is -4.52. The van der Waals surface area contributed by atoms with Gasteiger partial charge in [0.2, 0.25) is 0 Å². The summed E-state index contributed by atoms with van der Waals surface area (Å²) in [5.74, 6) is -0.156. The minimum absolute atomic E-state index is 0.0797. The minimum atomic E-state index is -1.26. The highest BCUT2D eigenvalue weighted by molar-refractivity contribution is 6.36. The van der Waals surface area contributed by atoms with Crippen LogP contribution in [0.1, 0.15) is 36.6 Å². The van der Waals surface area contributed by atoms with Crippen LogP contribution in [0, 0.1) is 5.82 Å². The molecule has 0 saturated heterocycles. The van der Waals surface area contributed by atoms with Crippen LogP contribution in [0.3, 0.4) is 0 Å². The zero-order valence-corrected chi connectivity index (χ0v) is 26.0. The van der Waals surface area contributed by atoms with Crippen molar-refractivity contribution in [2.45, 2.75) is 32.7 Å². The Kier molecular flexibility index (Phi) is 11.5. The van der Waals surface area contributed by atoms with E-state index >= 15 is 0 Å². The van der Waals surface area contributed by atoms with Crippen LogP contribution in [0.5, 0.6) is 17.2 Å². The molecule has 0 spiro atoms. The van der Waals surface area contributed by atoms with Crippen molar-refractivity contribution < 1.29 is 38.0 Å². The van der Waals surface area contributed by atoms with Gasteiger partial charge in [-0.3, -0.25) is 5.43 Å². The number of rotatable bonds is 13. The van der Waals surface area contributed by atoms with Gasteiger partial charge in [-0.25, -0.2) is 14.0 Å². The van der Waals surface area contributed by atoms with Gasteiger partial charge < -0.3 is 34.7 Å². The lowest BCUT2D eigenvalue weighted by atomic mass is 9.95. The lowest BCUT2D eigenvalue weighted by Crippen LogP contribution is -2.45. The first-order valence-electron chi connectivity index (χ1n) is 13.7. The average Bonchev–Trinajstić information content (AvgIpc) is 3.00. The smallest absolute Gasteiger partial charge is 0.337 e. The monoisotopic (exact) mass is 660 g/mol. The SMILES string of the molecule is CCOc1cc([C@H]2NC(=O)NC(C)=C2C(=O)OC)ccc1OC[C@H](O)N/N=C/c1cc(Cl)cc(Cl)c1OCc1ccccc1F. The number of carbonyl (C=O) groups is 2. The van der Waals surface area contributed by atoms with E-state index in [0.717, 1.165) is 0 Å². The summed E-state index contributed by atoms with van der Waals surface area (Å²) >= 11 is 12.5. The Morgan fingerprint density at radius 3 is 2.64 bits per heavy atom.